The molecule has 0 aliphatic heterocycles. The van der Waals surface area contributed by atoms with Gasteiger partial charge in [-0.25, -0.2) is 13.1 Å². The predicted octanol–water partition coefficient (Wildman–Crippen LogP) is 3.91. The van der Waals surface area contributed by atoms with Crippen LogP contribution in [0.5, 0.6) is 0 Å². The van der Waals surface area contributed by atoms with Crippen molar-refractivity contribution in [1.29, 1.82) is 0 Å². The molecule has 1 aliphatic carbocycles. The Bertz CT molecular complexity index is 1180. The maximum Gasteiger partial charge on any atom is 0.303 e. The molecule has 6 nitrogen and oxygen atoms in total. The topological polar surface area (TPSA) is 96.4 Å². The van der Waals surface area contributed by atoms with Crippen molar-refractivity contribution in [3.8, 4) is 0 Å². The van der Waals surface area contributed by atoms with Gasteiger partial charge in [0.2, 0.25) is 10.0 Å². The summed E-state index contributed by atoms with van der Waals surface area (Å²) in [6.07, 6.45) is 6.25. The second kappa shape index (κ2) is 9.63. The molecule has 0 bridgehead atoms. The second-order valence-corrected chi connectivity index (χ2v) is 9.91. The third-order valence-corrected chi connectivity index (χ3v) is 7.45. The SMILES string of the molecule is O=C(O)CCCC(c1cccnc1)c1ccc2c(c1)CC(NS(=O)(=O)c1ccccc1)C2. The zero-order valence-electron chi connectivity index (χ0n) is 17.6. The van der Waals surface area contributed by atoms with Gasteiger partial charge in [-0.2, -0.15) is 0 Å². The van der Waals surface area contributed by atoms with E-state index in [1.165, 1.54) is 0 Å². The van der Waals surface area contributed by atoms with E-state index in [9.17, 15) is 13.2 Å². The molecule has 7 heteroatoms. The van der Waals surface area contributed by atoms with Crippen molar-refractivity contribution in [2.24, 2.45) is 0 Å². The van der Waals surface area contributed by atoms with Crippen LogP contribution in [0.15, 0.2) is 78.0 Å². The fourth-order valence-electron chi connectivity index (χ4n) is 4.39. The van der Waals surface area contributed by atoms with Gasteiger partial charge in [0.05, 0.1) is 4.90 Å². The number of nitrogens with one attached hydrogen (secondary N) is 1. The van der Waals surface area contributed by atoms with E-state index in [0.29, 0.717) is 25.7 Å². The molecule has 32 heavy (non-hydrogen) atoms. The number of aromatic nitrogens is 1. The molecule has 0 spiro atoms. The van der Waals surface area contributed by atoms with Crippen LogP contribution in [0.25, 0.3) is 0 Å². The maximum atomic E-state index is 12.7. The minimum absolute atomic E-state index is 0.0495. The van der Waals surface area contributed by atoms with Crippen LogP contribution in [-0.2, 0) is 27.7 Å². The maximum absolute atomic E-state index is 12.7. The Labute approximate surface area is 188 Å². The Hall–Kier alpha value is -3.03. The zero-order chi connectivity index (χ0) is 22.6. The number of nitrogens with zero attached hydrogens (tertiary/aromatic N) is 1. The first-order chi connectivity index (χ1) is 15.4. The Balaban J connectivity index is 1.52. The van der Waals surface area contributed by atoms with Gasteiger partial charge in [0.25, 0.3) is 0 Å². The average molecular weight is 451 g/mol. The van der Waals surface area contributed by atoms with Crippen molar-refractivity contribution in [2.45, 2.75) is 49.0 Å². The number of aliphatic carboxylic acids is 1. The molecule has 0 saturated carbocycles. The largest absolute Gasteiger partial charge is 0.481 e. The summed E-state index contributed by atoms with van der Waals surface area (Å²) in [6, 6.07) is 18.4. The lowest BCUT2D eigenvalue weighted by molar-refractivity contribution is -0.137. The van der Waals surface area contributed by atoms with E-state index in [1.54, 1.807) is 36.5 Å². The molecule has 166 valence electrons. The van der Waals surface area contributed by atoms with Gasteiger partial charge in [0.1, 0.15) is 0 Å². The van der Waals surface area contributed by atoms with Gasteiger partial charge in [-0.3, -0.25) is 9.78 Å². The Morgan fingerprint density at radius 1 is 1.03 bits per heavy atom. The first-order valence-electron chi connectivity index (χ1n) is 10.7. The molecule has 0 radical (unpaired) electrons. The van der Waals surface area contributed by atoms with Gasteiger partial charge >= 0.3 is 5.97 Å². The van der Waals surface area contributed by atoms with Gasteiger partial charge in [-0.05, 0) is 66.1 Å². The normalized spacial score (nSPS) is 16.4. The van der Waals surface area contributed by atoms with Gasteiger partial charge in [0.15, 0.2) is 0 Å². The van der Waals surface area contributed by atoms with Crippen LogP contribution < -0.4 is 4.72 Å². The van der Waals surface area contributed by atoms with Crippen LogP contribution in [0.2, 0.25) is 0 Å². The van der Waals surface area contributed by atoms with E-state index < -0.39 is 16.0 Å². The summed E-state index contributed by atoms with van der Waals surface area (Å²) in [4.78, 5) is 15.5. The quantitative estimate of drug-likeness (QED) is 0.515. The molecule has 4 rings (SSSR count). The highest BCUT2D eigenvalue weighted by Gasteiger charge is 2.27. The lowest BCUT2D eigenvalue weighted by atomic mass is 9.86. The molecule has 0 saturated heterocycles. The van der Waals surface area contributed by atoms with Gasteiger partial charge in [-0.15, -0.1) is 0 Å². The highest BCUT2D eigenvalue weighted by molar-refractivity contribution is 7.89. The number of carboxylic acid groups (broad SMARTS) is 1. The fraction of sp³-hybridized carbons (Fsp3) is 0.280. The first-order valence-corrected chi connectivity index (χ1v) is 12.2. The van der Waals surface area contributed by atoms with Crippen LogP contribution in [0.1, 0.15) is 47.4 Å². The molecular weight excluding hydrogens is 424 g/mol. The molecular formula is C25H26N2O4S. The van der Waals surface area contributed by atoms with E-state index in [0.717, 1.165) is 22.3 Å². The number of pyridine rings is 1. The van der Waals surface area contributed by atoms with E-state index in [2.05, 4.69) is 27.9 Å². The van der Waals surface area contributed by atoms with Crippen molar-refractivity contribution < 1.29 is 18.3 Å². The van der Waals surface area contributed by atoms with Crippen LogP contribution in [0.4, 0.5) is 0 Å². The molecule has 1 aromatic heterocycles. The molecule has 0 amide bonds. The number of hydrogen-bond acceptors (Lipinski definition) is 4. The summed E-state index contributed by atoms with van der Waals surface area (Å²) in [6.45, 7) is 0. The van der Waals surface area contributed by atoms with E-state index >= 15 is 0 Å². The van der Waals surface area contributed by atoms with Crippen LogP contribution >= 0.6 is 0 Å². The Morgan fingerprint density at radius 2 is 1.81 bits per heavy atom. The van der Waals surface area contributed by atoms with Crippen molar-refractivity contribution in [1.82, 2.24) is 9.71 Å². The standard InChI is InChI=1S/C25H26N2O4S/c28-25(29)10-4-9-24(20-6-5-13-26-17-20)19-12-11-18-15-22(16-21(18)14-19)27-32(30,31)23-7-2-1-3-8-23/h1-3,5-8,11-14,17,22,24,27H,4,9-10,15-16H2,(H,28,29). The second-order valence-electron chi connectivity index (χ2n) is 8.19. The third kappa shape index (κ3) is 5.23. The number of carbonyl (C=O) groups is 1. The highest BCUT2D eigenvalue weighted by atomic mass is 32.2. The van der Waals surface area contributed by atoms with Crippen molar-refractivity contribution >= 4 is 16.0 Å². The monoisotopic (exact) mass is 450 g/mol. The van der Waals surface area contributed by atoms with Gasteiger partial charge < -0.3 is 5.11 Å². The van der Waals surface area contributed by atoms with E-state index in [1.807, 2.05) is 18.3 Å². The molecule has 1 heterocycles. The number of rotatable bonds is 9. The fourth-order valence-corrected chi connectivity index (χ4v) is 5.65. The van der Waals surface area contributed by atoms with Crippen molar-refractivity contribution in [3.05, 3.63) is 95.3 Å². The van der Waals surface area contributed by atoms with Gasteiger partial charge in [-0.1, -0.05) is 42.5 Å². The van der Waals surface area contributed by atoms with E-state index in [4.69, 9.17) is 5.11 Å². The van der Waals surface area contributed by atoms with Gasteiger partial charge in [0, 0.05) is 30.8 Å². The van der Waals surface area contributed by atoms with Crippen molar-refractivity contribution in [2.75, 3.05) is 0 Å². The Morgan fingerprint density at radius 3 is 2.53 bits per heavy atom. The summed E-state index contributed by atoms with van der Waals surface area (Å²) < 4.78 is 28.3. The molecule has 2 unspecified atom stereocenters. The molecule has 2 aromatic carbocycles. The summed E-state index contributed by atoms with van der Waals surface area (Å²) in [5.74, 6) is -0.745. The molecule has 1 aliphatic rings. The van der Waals surface area contributed by atoms with Crippen LogP contribution in [0.3, 0.4) is 0 Å². The molecule has 0 fully saturated rings. The average Bonchev–Trinajstić information content (AvgIpc) is 3.18. The highest BCUT2D eigenvalue weighted by Crippen LogP contribution is 2.33. The number of fused-ring (bicyclic) bond motifs is 1. The minimum atomic E-state index is -3.56. The van der Waals surface area contributed by atoms with E-state index in [-0.39, 0.29) is 23.3 Å². The summed E-state index contributed by atoms with van der Waals surface area (Å²) in [7, 11) is -3.56. The minimum Gasteiger partial charge on any atom is -0.481 e. The first kappa shape index (κ1) is 22.2. The summed E-state index contributed by atoms with van der Waals surface area (Å²) in [5, 5.41) is 9.03. The number of hydrogen-bond donors (Lipinski definition) is 2. The number of sulfonamides is 1. The third-order valence-electron chi connectivity index (χ3n) is 5.91. The predicted molar refractivity (Wildman–Crippen MR) is 122 cm³/mol. The lowest BCUT2D eigenvalue weighted by Crippen LogP contribution is -2.35. The molecule has 3 aromatic rings. The Kier molecular flexibility index (Phi) is 6.67. The van der Waals surface area contributed by atoms with Crippen LogP contribution in [0, 0.1) is 0 Å². The molecule has 2 N–H and O–H groups in total. The molecule has 2 atom stereocenters. The van der Waals surface area contributed by atoms with Crippen LogP contribution in [-0.4, -0.2) is 30.5 Å². The lowest BCUT2D eigenvalue weighted by Gasteiger charge is -2.18. The smallest absolute Gasteiger partial charge is 0.303 e. The summed E-state index contributed by atoms with van der Waals surface area (Å²) >= 11 is 0. The summed E-state index contributed by atoms with van der Waals surface area (Å²) in [5.41, 5.74) is 4.44. The number of benzene rings is 2. The van der Waals surface area contributed by atoms with Crippen molar-refractivity contribution in [3.63, 3.8) is 0 Å². The zero-order valence-corrected chi connectivity index (χ0v) is 18.5. The number of carboxylic acids is 1.